The molecular formula is C66H46B3F6N4S2. The van der Waals surface area contributed by atoms with E-state index in [0.29, 0.717) is 61.0 Å². The third-order valence-electron chi connectivity index (χ3n) is 17.1. The Morgan fingerprint density at radius 3 is 1.64 bits per heavy atom. The molecule has 4 nitrogen and oxygen atoms in total. The van der Waals surface area contributed by atoms with Crippen molar-refractivity contribution in [3.63, 3.8) is 0 Å². The molecule has 15 heteroatoms. The van der Waals surface area contributed by atoms with Gasteiger partial charge in [0.05, 0.1) is 17.1 Å². The van der Waals surface area contributed by atoms with Crippen molar-refractivity contribution in [2.75, 3.05) is 20.0 Å². The molecule has 9 aromatic carbocycles. The van der Waals surface area contributed by atoms with Crippen molar-refractivity contribution in [1.82, 2.24) is 0 Å². The number of nitrogens with zero attached hydrogens (tertiary/aromatic N) is 3. The average molecular weight is 1110 g/mol. The van der Waals surface area contributed by atoms with Crippen LogP contribution in [0.1, 0.15) is 44.5 Å². The molecule has 0 aliphatic carbocycles. The van der Waals surface area contributed by atoms with Crippen LogP contribution >= 0.6 is 22.7 Å². The Bertz CT molecular complexity index is 4610. The predicted octanol–water partition coefficient (Wildman–Crippen LogP) is 13.5. The summed E-state index contributed by atoms with van der Waals surface area (Å²) >= 11 is 2.94. The van der Waals surface area contributed by atoms with Gasteiger partial charge in [-0.15, -0.1) is 11.3 Å². The maximum absolute atomic E-state index is 17.4. The normalized spacial score (nSPS) is 13.5. The monoisotopic (exact) mass is 1110 g/mol. The maximum Gasteiger partial charge on any atom is 0.264 e. The SMILES string of the molecule is Cc1cc2c3c(c1)N(c1c(C)cccc1F)c1cc4c(cc1B3c1cc([B]c3sc5cc(F)cc(F)c5c3C)c(C)cc1N2)B1c2sc3cc(C)cc(C)c3c2N(c2c(F)cccc2F)c2cc(C)cc(c21)N4c1c(C)cccc1F. The lowest BCUT2D eigenvalue weighted by molar-refractivity contribution is 0.586. The van der Waals surface area contributed by atoms with Crippen molar-refractivity contribution in [2.24, 2.45) is 0 Å². The molecule has 6 heterocycles. The highest BCUT2D eigenvalue weighted by Crippen LogP contribution is 2.52. The summed E-state index contributed by atoms with van der Waals surface area (Å²) in [4.78, 5) is 5.78. The zero-order chi connectivity index (χ0) is 55.9. The van der Waals surface area contributed by atoms with Crippen molar-refractivity contribution in [2.45, 2.75) is 55.4 Å². The molecule has 0 saturated carbocycles. The van der Waals surface area contributed by atoms with Crippen LogP contribution in [0.25, 0.3) is 20.2 Å². The fourth-order valence-corrected chi connectivity index (χ4v) is 16.5. The van der Waals surface area contributed by atoms with Crippen molar-refractivity contribution in [3.05, 3.63) is 207 Å². The molecule has 0 fully saturated rings. The molecule has 0 amide bonds. The Kier molecular flexibility index (Phi) is 10.9. The van der Waals surface area contributed by atoms with Crippen LogP contribution in [0.3, 0.4) is 0 Å². The van der Waals surface area contributed by atoms with Crippen LogP contribution < -0.4 is 62.3 Å². The van der Waals surface area contributed by atoms with E-state index in [1.54, 1.807) is 28.4 Å². The van der Waals surface area contributed by atoms with Crippen LogP contribution in [-0.4, -0.2) is 20.7 Å². The van der Waals surface area contributed by atoms with E-state index in [4.69, 9.17) is 0 Å². The molecule has 0 atom stereocenters. The Balaban J connectivity index is 1.07. The van der Waals surface area contributed by atoms with Crippen molar-refractivity contribution < 1.29 is 26.3 Å². The van der Waals surface area contributed by atoms with Gasteiger partial charge in [0.25, 0.3) is 13.4 Å². The summed E-state index contributed by atoms with van der Waals surface area (Å²) in [7, 11) is 2.05. The topological polar surface area (TPSA) is 21.8 Å². The van der Waals surface area contributed by atoms with Crippen LogP contribution in [-0.2, 0) is 0 Å². The molecule has 15 rings (SSSR count). The van der Waals surface area contributed by atoms with Crippen LogP contribution in [0.5, 0.6) is 0 Å². The first-order valence-corrected chi connectivity index (χ1v) is 28.6. The average Bonchev–Trinajstić information content (AvgIpc) is 2.55. The van der Waals surface area contributed by atoms with Gasteiger partial charge in [0.15, 0.2) is 0 Å². The van der Waals surface area contributed by atoms with E-state index in [1.807, 2.05) is 82.5 Å². The number of benzene rings is 9. The van der Waals surface area contributed by atoms with Gasteiger partial charge in [-0.2, -0.15) is 11.3 Å². The van der Waals surface area contributed by atoms with Gasteiger partial charge < -0.3 is 20.0 Å². The second kappa shape index (κ2) is 17.7. The number of hydrogen-bond donors (Lipinski definition) is 1. The lowest BCUT2D eigenvalue weighted by Crippen LogP contribution is -2.65. The van der Waals surface area contributed by atoms with Crippen LogP contribution in [0.4, 0.5) is 88.9 Å². The van der Waals surface area contributed by atoms with Gasteiger partial charge in [-0.1, -0.05) is 59.6 Å². The van der Waals surface area contributed by atoms with Crippen LogP contribution in [0.15, 0.2) is 127 Å². The number of hydrogen-bond acceptors (Lipinski definition) is 6. The summed E-state index contributed by atoms with van der Waals surface area (Å²) in [5, 5.41) is 5.09. The molecule has 81 heavy (non-hydrogen) atoms. The first kappa shape index (κ1) is 49.9. The van der Waals surface area contributed by atoms with Gasteiger partial charge in [-0.05, 0) is 199 Å². The highest BCUT2D eigenvalue weighted by atomic mass is 32.1. The van der Waals surface area contributed by atoms with Crippen molar-refractivity contribution >= 4 is 168 Å². The summed E-state index contributed by atoms with van der Waals surface area (Å²) in [5.74, 6) is -3.56. The van der Waals surface area contributed by atoms with E-state index in [1.165, 1.54) is 47.7 Å². The van der Waals surface area contributed by atoms with E-state index in [2.05, 4.69) is 68.1 Å². The second-order valence-electron chi connectivity index (χ2n) is 22.4. The van der Waals surface area contributed by atoms with E-state index >= 15 is 22.0 Å². The highest BCUT2D eigenvalue weighted by Gasteiger charge is 2.50. The summed E-state index contributed by atoms with van der Waals surface area (Å²) < 4.78 is 102. The molecule has 1 N–H and O–H groups in total. The number of nitrogens with one attached hydrogen (secondary N) is 1. The number of rotatable bonds is 5. The van der Waals surface area contributed by atoms with E-state index in [0.717, 1.165) is 109 Å². The van der Waals surface area contributed by atoms with Crippen molar-refractivity contribution in [1.29, 1.82) is 0 Å². The number of fused-ring (bicyclic) bond motifs is 11. The zero-order valence-electron chi connectivity index (χ0n) is 45.3. The summed E-state index contributed by atoms with van der Waals surface area (Å²) in [6, 6.07) is 37.6. The van der Waals surface area contributed by atoms with Crippen LogP contribution in [0.2, 0.25) is 0 Å². The molecule has 0 saturated heterocycles. The Morgan fingerprint density at radius 1 is 0.420 bits per heavy atom. The zero-order valence-corrected chi connectivity index (χ0v) is 46.9. The smallest absolute Gasteiger partial charge is 0.264 e. The van der Waals surface area contributed by atoms with Crippen LogP contribution in [0, 0.1) is 90.3 Å². The van der Waals surface area contributed by atoms with E-state index < -0.39 is 48.3 Å². The number of aryl methyl sites for hydroxylation is 8. The van der Waals surface area contributed by atoms with Gasteiger partial charge in [0.2, 0.25) is 7.28 Å². The molecular weight excluding hydrogens is 1060 g/mol. The predicted molar refractivity (Wildman–Crippen MR) is 329 cm³/mol. The molecule has 0 spiro atoms. The molecule has 2 aromatic heterocycles. The summed E-state index contributed by atoms with van der Waals surface area (Å²) in [6.45, 7) is 14.8. The third-order valence-corrected chi connectivity index (χ3v) is 19.4. The Hall–Kier alpha value is -8.13. The molecule has 393 valence electrons. The standard InChI is InChI=1S/C66H46B3F6N4S2/c1-30-18-36(7)57-55(23-30)81-66-64(57)79(63-45(73)16-11-17-46(63)74)54-22-32(3)21-53-60(54)69(66)42-28-41-50(29-51(42)78(53)62-34(5)13-10-15-44(62)72)77(61-33(4)12-9-14-43(61)71)52-20-31(2)19-49-59(52)68(41)40-27-39(35(6)24-48(40)76-49)67-65-37(8)58-47(75)25-38(70)26-56(58)80-65/h9-29,76H,1-8H3. The summed E-state index contributed by atoms with van der Waals surface area (Å²) in [5.41, 5.74) is 18.3. The first-order valence-electron chi connectivity index (χ1n) is 26.9. The molecule has 4 aliphatic heterocycles. The lowest BCUT2D eigenvalue weighted by atomic mass is 9.31. The van der Waals surface area contributed by atoms with Crippen molar-refractivity contribution in [3.8, 4) is 0 Å². The first-order chi connectivity index (χ1) is 38.9. The molecule has 4 aliphatic rings. The number of para-hydroxylation sites is 3. The minimum absolute atomic E-state index is 0.206. The summed E-state index contributed by atoms with van der Waals surface area (Å²) in [6.07, 6.45) is 0. The van der Waals surface area contributed by atoms with E-state index in [-0.39, 0.29) is 5.69 Å². The molecule has 11 aromatic rings. The van der Waals surface area contributed by atoms with Gasteiger partial charge >= 0.3 is 0 Å². The number of halogens is 6. The van der Waals surface area contributed by atoms with Gasteiger partial charge in [-0.25, -0.2) is 26.3 Å². The van der Waals surface area contributed by atoms with Gasteiger partial charge in [0, 0.05) is 70.8 Å². The Morgan fingerprint density at radius 2 is 0.988 bits per heavy atom. The number of anilines is 11. The lowest BCUT2D eigenvalue weighted by Gasteiger charge is -2.46. The minimum Gasteiger partial charge on any atom is -0.356 e. The fraction of sp³-hybridized carbons (Fsp3) is 0.121. The minimum atomic E-state index is -0.723. The van der Waals surface area contributed by atoms with E-state index in [9.17, 15) is 4.39 Å². The quantitative estimate of drug-likeness (QED) is 0.137. The Labute approximate surface area is 474 Å². The maximum atomic E-state index is 17.4. The number of thiophene rings is 2. The van der Waals surface area contributed by atoms with Gasteiger partial charge in [0.1, 0.15) is 40.6 Å². The molecule has 0 unspecified atom stereocenters. The third kappa shape index (κ3) is 7.13. The molecule has 0 bridgehead atoms. The highest BCUT2D eigenvalue weighted by molar-refractivity contribution is 7.34. The fourth-order valence-electron chi connectivity index (χ4n) is 13.8. The van der Waals surface area contributed by atoms with Gasteiger partial charge in [-0.3, -0.25) is 0 Å². The second-order valence-corrected chi connectivity index (χ2v) is 24.5. The largest absolute Gasteiger partial charge is 0.356 e. The molecule has 1 radical (unpaired) electrons.